The molecule has 3 nitrogen and oxygen atoms in total. The van der Waals surface area contributed by atoms with Crippen molar-refractivity contribution in [2.24, 2.45) is 5.92 Å². The number of hydrogen-bond acceptors (Lipinski definition) is 2. The maximum Gasteiger partial charge on any atom is 0.122 e. The molecule has 0 atom stereocenters. The number of imidazole rings is 1. The molecular weight excluding hydrogens is 222 g/mol. The summed E-state index contributed by atoms with van der Waals surface area (Å²) in [5.74, 6) is 2.17. The molecule has 1 heterocycles. The zero-order chi connectivity index (χ0) is 12.8. The minimum atomic E-state index is 0.708. The van der Waals surface area contributed by atoms with Crippen molar-refractivity contribution >= 4 is 0 Å². The molecule has 2 rings (SSSR count). The van der Waals surface area contributed by atoms with Crippen LogP contribution in [0.5, 0.6) is 0 Å². The molecule has 0 radical (unpaired) electrons. The van der Waals surface area contributed by atoms with Gasteiger partial charge in [-0.05, 0) is 38.5 Å². The van der Waals surface area contributed by atoms with Gasteiger partial charge >= 0.3 is 0 Å². The second kappa shape index (κ2) is 6.93. The van der Waals surface area contributed by atoms with Crippen molar-refractivity contribution in [2.45, 2.75) is 71.5 Å². The van der Waals surface area contributed by atoms with Gasteiger partial charge in [-0.2, -0.15) is 0 Å². The molecule has 0 bridgehead atoms. The number of aromatic nitrogens is 2. The molecule has 1 saturated carbocycles. The van der Waals surface area contributed by atoms with Crippen molar-refractivity contribution in [2.75, 3.05) is 0 Å². The fourth-order valence-corrected chi connectivity index (χ4v) is 3.09. The van der Waals surface area contributed by atoms with Crippen LogP contribution >= 0.6 is 0 Å². The Morgan fingerprint density at radius 1 is 1.28 bits per heavy atom. The summed E-state index contributed by atoms with van der Waals surface area (Å²) in [6.07, 6.45) is 12.2. The fourth-order valence-electron chi connectivity index (χ4n) is 3.09. The highest BCUT2D eigenvalue weighted by atomic mass is 15.1. The highest BCUT2D eigenvalue weighted by Crippen LogP contribution is 2.27. The standard InChI is InChI=1S/C15H27N3/c1-3-5-13-6-8-14(9-7-13)17-12-15-16-10-11-18(15)4-2/h10-11,13-14,17H,3-9,12H2,1-2H3. The van der Waals surface area contributed by atoms with Crippen LogP contribution in [0, 0.1) is 5.92 Å². The van der Waals surface area contributed by atoms with E-state index in [1.165, 1.54) is 44.3 Å². The quantitative estimate of drug-likeness (QED) is 0.838. The molecule has 1 fully saturated rings. The topological polar surface area (TPSA) is 29.9 Å². The van der Waals surface area contributed by atoms with Gasteiger partial charge in [-0.1, -0.05) is 19.8 Å². The van der Waals surface area contributed by atoms with E-state index >= 15 is 0 Å². The van der Waals surface area contributed by atoms with Crippen molar-refractivity contribution < 1.29 is 0 Å². The Hall–Kier alpha value is -0.830. The molecule has 3 heteroatoms. The molecule has 1 aromatic heterocycles. The van der Waals surface area contributed by atoms with Crippen molar-refractivity contribution in [3.05, 3.63) is 18.2 Å². The summed E-state index contributed by atoms with van der Waals surface area (Å²) < 4.78 is 2.22. The first kappa shape index (κ1) is 13.6. The molecule has 1 aliphatic carbocycles. The van der Waals surface area contributed by atoms with Gasteiger partial charge in [0.15, 0.2) is 0 Å². The van der Waals surface area contributed by atoms with Crippen LogP contribution in [0.4, 0.5) is 0 Å². The Balaban J connectivity index is 1.72. The molecule has 0 aromatic carbocycles. The van der Waals surface area contributed by atoms with Gasteiger partial charge in [-0.3, -0.25) is 0 Å². The lowest BCUT2D eigenvalue weighted by Gasteiger charge is -2.29. The molecular formula is C15H27N3. The SMILES string of the molecule is CCCC1CCC(NCc2nccn2CC)CC1. The number of hydrogen-bond donors (Lipinski definition) is 1. The summed E-state index contributed by atoms with van der Waals surface area (Å²) in [6.45, 7) is 6.40. The van der Waals surface area contributed by atoms with Crippen LogP contribution < -0.4 is 5.32 Å². The Morgan fingerprint density at radius 2 is 2.06 bits per heavy atom. The molecule has 18 heavy (non-hydrogen) atoms. The average Bonchev–Trinajstić information content (AvgIpc) is 2.86. The highest BCUT2D eigenvalue weighted by Gasteiger charge is 2.20. The van der Waals surface area contributed by atoms with Crippen LogP contribution in [0.2, 0.25) is 0 Å². The van der Waals surface area contributed by atoms with E-state index in [0.29, 0.717) is 6.04 Å². The Bertz CT molecular complexity index is 337. The fraction of sp³-hybridized carbons (Fsp3) is 0.800. The maximum atomic E-state index is 4.42. The van der Waals surface area contributed by atoms with Gasteiger partial charge in [0.1, 0.15) is 5.82 Å². The van der Waals surface area contributed by atoms with Gasteiger partial charge < -0.3 is 9.88 Å². The largest absolute Gasteiger partial charge is 0.334 e. The van der Waals surface area contributed by atoms with E-state index in [1.807, 2.05) is 6.20 Å². The van der Waals surface area contributed by atoms with Gasteiger partial charge in [0.25, 0.3) is 0 Å². The smallest absolute Gasteiger partial charge is 0.122 e. The molecule has 0 spiro atoms. The first-order valence-electron chi connectivity index (χ1n) is 7.56. The van der Waals surface area contributed by atoms with Crippen LogP contribution in [-0.2, 0) is 13.1 Å². The third-order valence-electron chi connectivity index (χ3n) is 4.23. The second-order valence-corrected chi connectivity index (χ2v) is 5.52. The van der Waals surface area contributed by atoms with E-state index in [4.69, 9.17) is 0 Å². The summed E-state index contributed by atoms with van der Waals surface area (Å²) in [5, 5.41) is 3.68. The zero-order valence-electron chi connectivity index (χ0n) is 11.9. The number of nitrogens with one attached hydrogen (secondary N) is 1. The monoisotopic (exact) mass is 249 g/mol. The van der Waals surface area contributed by atoms with Crippen LogP contribution in [-0.4, -0.2) is 15.6 Å². The van der Waals surface area contributed by atoms with E-state index in [-0.39, 0.29) is 0 Å². The highest BCUT2D eigenvalue weighted by molar-refractivity contribution is 4.92. The summed E-state index contributed by atoms with van der Waals surface area (Å²) in [4.78, 5) is 4.42. The van der Waals surface area contributed by atoms with Crippen molar-refractivity contribution in [1.82, 2.24) is 14.9 Å². The van der Waals surface area contributed by atoms with Crippen molar-refractivity contribution in [3.63, 3.8) is 0 Å². The maximum absolute atomic E-state index is 4.42. The lowest BCUT2D eigenvalue weighted by atomic mass is 9.83. The summed E-state index contributed by atoms with van der Waals surface area (Å²) in [6, 6.07) is 0.708. The molecule has 0 saturated heterocycles. The van der Waals surface area contributed by atoms with Gasteiger partial charge in [0.2, 0.25) is 0 Å². The summed E-state index contributed by atoms with van der Waals surface area (Å²) >= 11 is 0. The first-order chi connectivity index (χ1) is 8.83. The van der Waals surface area contributed by atoms with Crippen LogP contribution in [0.25, 0.3) is 0 Å². The van der Waals surface area contributed by atoms with Crippen molar-refractivity contribution in [3.8, 4) is 0 Å². The Morgan fingerprint density at radius 3 is 2.72 bits per heavy atom. The number of aryl methyl sites for hydroxylation is 1. The normalized spacial score (nSPS) is 24.3. The Labute approximate surface area is 111 Å². The average molecular weight is 249 g/mol. The predicted octanol–water partition coefficient (Wildman–Crippen LogP) is 3.35. The minimum Gasteiger partial charge on any atom is -0.334 e. The lowest BCUT2D eigenvalue weighted by molar-refractivity contribution is 0.276. The molecule has 0 aliphatic heterocycles. The molecule has 1 aromatic rings. The molecule has 102 valence electrons. The van der Waals surface area contributed by atoms with E-state index in [2.05, 4.69) is 34.9 Å². The van der Waals surface area contributed by atoms with Crippen LogP contribution in [0.3, 0.4) is 0 Å². The first-order valence-corrected chi connectivity index (χ1v) is 7.56. The number of nitrogens with zero attached hydrogens (tertiary/aromatic N) is 2. The Kier molecular flexibility index (Phi) is 5.24. The second-order valence-electron chi connectivity index (χ2n) is 5.52. The third-order valence-corrected chi connectivity index (χ3v) is 4.23. The van der Waals surface area contributed by atoms with E-state index < -0.39 is 0 Å². The summed E-state index contributed by atoms with van der Waals surface area (Å²) in [7, 11) is 0. The molecule has 1 N–H and O–H groups in total. The molecule has 0 amide bonds. The minimum absolute atomic E-state index is 0.708. The van der Waals surface area contributed by atoms with Gasteiger partial charge in [-0.25, -0.2) is 4.98 Å². The van der Waals surface area contributed by atoms with Gasteiger partial charge in [0, 0.05) is 25.0 Å². The van der Waals surface area contributed by atoms with Crippen LogP contribution in [0.15, 0.2) is 12.4 Å². The molecule has 0 unspecified atom stereocenters. The van der Waals surface area contributed by atoms with E-state index in [1.54, 1.807) is 0 Å². The van der Waals surface area contributed by atoms with Crippen LogP contribution in [0.1, 0.15) is 58.2 Å². The van der Waals surface area contributed by atoms with Gasteiger partial charge in [-0.15, -0.1) is 0 Å². The summed E-state index contributed by atoms with van der Waals surface area (Å²) in [5.41, 5.74) is 0. The lowest BCUT2D eigenvalue weighted by Crippen LogP contribution is -2.33. The van der Waals surface area contributed by atoms with Gasteiger partial charge in [0.05, 0.1) is 6.54 Å². The third kappa shape index (κ3) is 3.58. The zero-order valence-corrected chi connectivity index (χ0v) is 11.9. The van der Waals surface area contributed by atoms with E-state index in [9.17, 15) is 0 Å². The van der Waals surface area contributed by atoms with E-state index in [0.717, 1.165) is 19.0 Å². The van der Waals surface area contributed by atoms with Crippen molar-refractivity contribution in [1.29, 1.82) is 0 Å². The number of rotatable bonds is 6. The predicted molar refractivity (Wildman–Crippen MR) is 75.4 cm³/mol. The molecule has 1 aliphatic rings.